The van der Waals surface area contributed by atoms with E-state index in [9.17, 15) is 19.7 Å². The Bertz CT molecular complexity index is 1850. The molecular weight excluding hydrogens is 597 g/mol. The summed E-state index contributed by atoms with van der Waals surface area (Å²) in [6, 6.07) is 19.9. The van der Waals surface area contributed by atoms with Crippen molar-refractivity contribution in [2.45, 2.75) is 13.0 Å². The summed E-state index contributed by atoms with van der Waals surface area (Å²) in [4.78, 5) is 42.0. The highest BCUT2D eigenvalue weighted by atomic mass is 35.5. The maximum Gasteiger partial charge on any atom is 0.340 e. The van der Waals surface area contributed by atoms with Gasteiger partial charge in [-0.25, -0.2) is 14.6 Å². The van der Waals surface area contributed by atoms with Crippen molar-refractivity contribution >= 4 is 57.6 Å². The van der Waals surface area contributed by atoms with Gasteiger partial charge in [0.05, 0.1) is 30.3 Å². The van der Waals surface area contributed by atoms with Gasteiger partial charge in [-0.15, -0.1) is 0 Å². The number of carbonyl (C=O) groups is 2. The number of nitrogens with zero attached hydrogens (tertiary/aromatic N) is 2. The topological polar surface area (TPSA) is 134 Å². The molecule has 0 aliphatic carbocycles. The number of nitro benzene ring substituents is 1. The number of nitro groups is 1. The first-order valence-corrected chi connectivity index (χ1v) is 13.6. The highest BCUT2D eigenvalue weighted by molar-refractivity contribution is 6.30. The van der Waals surface area contributed by atoms with Crippen molar-refractivity contribution in [3.63, 3.8) is 0 Å². The number of esters is 2. The SMILES string of the molecule is COC(=O)c1c(-c2cc(C(=O)OC)c3nc(Cc4ccc(Cl)cc4)oc3c2)ccc([N+](=O)[O-])c1NCc1ccc(Cl)cc1. The number of methoxy groups -OCH3 is 2. The Morgan fingerprint density at radius 3 is 2.14 bits per heavy atom. The highest BCUT2D eigenvalue weighted by Crippen LogP contribution is 2.39. The van der Waals surface area contributed by atoms with E-state index in [2.05, 4.69) is 10.3 Å². The van der Waals surface area contributed by atoms with E-state index in [1.165, 1.54) is 32.4 Å². The van der Waals surface area contributed by atoms with Crippen LogP contribution in [0, 0.1) is 10.1 Å². The molecule has 0 bridgehead atoms. The predicted molar refractivity (Wildman–Crippen MR) is 162 cm³/mol. The van der Waals surface area contributed by atoms with E-state index in [0.29, 0.717) is 27.9 Å². The van der Waals surface area contributed by atoms with Crippen LogP contribution in [-0.4, -0.2) is 36.1 Å². The average Bonchev–Trinajstić information content (AvgIpc) is 3.42. The number of hydrogen-bond donors (Lipinski definition) is 1. The number of aromatic nitrogens is 1. The molecule has 10 nitrogen and oxygen atoms in total. The van der Waals surface area contributed by atoms with Gasteiger partial charge in [-0.1, -0.05) is 47.5 Å². The third-order valence-electron chi connectivity index (χ3n) is 6.68. The number of hydrogen-bond acceptors (Lipinski definition) is 9. The minimum atomic E-state index is -0.821. The van der Waals surface area contributed by atoms with Crippen LogP contribution in [-0.2, 0) is 22.4 Å². The molecule has 4 aromatic carbocycles. The fourth-order valence-corrected chi connectivity index (χ4v) is 4.87. The van der Waals surface area contributed by atoms with E-state index in [1.54, 1.807) is 42.5 Å². The number of rotatable bonds is 9. The van der Waals surface area contributed by atoms with Gasteiger partial charge in [0, 0.05) is 29.1 Å². The van der Waals surface area contributed by atoms with E-state index in [4.69, 9.17) is 37.1 Å². The van der Waals surface area contributed by atoms with Gasteiger partial charge in [0.15, 0.2) is 11.5 Å². The number of carbonyl (C=O) groups excluding carboxylic acids is 2. The summed E-state index contributed by atoms with van der Waals surface area (Å²) in [5.74, 6) is -1.17. The predicted octanol–water partition coefficient (Wildman–Crippen LogP) is 7.49. The number of benzene rings is 4. The molecule has 0 spiro atoms. The summed E-state index contributed by atoms with van der Waals surface area (Å²) >= 11 is 12.0. The molecule has 43 heavy (non-hydrogen) atoms. The Labute approximate surface area is 255 Å². The molecule has 5 rings (SSSR count). The monoisotopic (exact) mass is 619 g/mol. The molecule has 0 saturated heterocycles. The fraction of sp³-hybridized carbons (Fsp3) is 0.129. The fourth-order valence-electron chi connectivity index (χ4n) is 4.62. The zero-order valence-electron chi connectivity index (χ0n) is 22.9. The lowest BCUT2D eigenvalue weighted by molar-refractivity contribution is -0.384. The molecule has 1 heterocycles. The van der Waals surface area contributed by atoms with Crippen LogP contribution < -0.4 is 5.32 Å². The summed E-state index contributed by atoms with van der Waals surface area (Å²) in [5.41, 5.74) is 2.40. The van der Waals surface area contributed by atoms with Crippen molar-refractivity contribution in [2.24, 2.45) is 0 Å². The van der Waals surface area contributed by atoms with Gasteiger partial charge in [-0.3, -0.25) is 10.1 Å². The zero-order chi connectivity index (χ0) is 30.7. The maximum absolute atomic E-state index is 13.2. The first-order chi connectivity index (χ1) is 20.7. The summed E-state index contributed by atoms with van der Waals surface area (Å²) < 4.78 is 16.1. The second-order valence-corrected chi connectivity index (χ2v) is 10.3. The van der Waals surface area contributed by atoms with Gasteiger partial charge in [0.2, 0.25) is 0 Å². The molecular formula is C31H23Cl2N3O7. The lowest BCUT2D eigenvalue weighted by Crippen LogP contribution is -2.12. The number of oxazole rings is 1. The maximum atomic E-state index is 13.2. The van der Waals surface area contributed by atoms with Crippen LogP contribution in [0.3, 0.4) is 0 Å². The van der Waals surface area contributed by atoms with Gasteiger partial charge < -0.3 is 19.2 Å². The molecule has 0 unspecified atom stereocenters. The lowest BCUT2D eigenvalue weighted by atomic mass is 9.95. The number of halogens is 2. The van der Waals surface area contributed by atoms with Crippen LogP contribution in [0.1, 0.15) is 37.7 Å². The summed E-state index contributed by atoms with van der Waals surface area (Å²) in [5, 5.41) is 16.2. The normalized spacial score (nSPS) is 10.9. The smallest absolute Gasteiger partial charge is 0.340 e. The number of anilines is 1. The molecule has 0 atom stereocenters. The third kappa shape index (κ3) is 6.30. The van der Waals surface area contributed by atoms with Gasteiger partial charge in [0.1, 0.15) is 11.2 Å². The number of fused-ring (bicyclic) bond motifs is 1. The summed E-state index contributed by atoms with van der Waals surface area (Å²) in [7, 11) is 2.41. The minimum absolute atomic E-state index is 0.0509. The minimum Gasteiger partial charge on any atom is -0.465 e. The molecule has 1 aromatic heterocycles. The first-order valence-electron chi connectivity index (χ1n) is 12.8. The van der Waals surface area contributed by atoms with Crippen LogP contribution in [0.4, 0.5) is 11.4 Å². The summed E-state index contributed by atoms with van der Waals surface area (Å²) in [6.07, 6.45) is 0.325. The van der Waals surface area contributed by atoms with Crippen molar-refractivity contribution in [3.8, 4) is 11.1 Å². The van der Waals surface area contributed by atoms with E-state index in [0.717, 1.165) is 11.1 Å². The van der Waals surface area contributed by atoms with E-state index >= 15 is 0 Å². The van der Waals surface area contributed by atoms with Crippen LogP contribution in [0.5, 0.6) is 0 Å². The van der Waals surface area contributed by atoms with E-state index in [1.807, 2.05) is 12.1 Å². The Hall–Kier alpha value is -4.93. The highest BCUT2D eigenvalue weighted by Gasteiger charge is 2.28. The quantitative estimate of drug-likeness (QED) is 0.101. The van der Waals surface area contributed by atoms with Gasteiger partial charge in [-0.05, 0) is 64.7 Å². The Morgan fingerprint density at radius 1 is 0.907 bits per heavy atom. The standard InChI is InChI=1S/C31H23Cl2N3O7/c1-41-30(37)23-14-19(15-25-28(23)35-26(43-25)13-17-3-7-20(32)8-4-17)22-11-12-24(36(39)40)29(27(22)31(38)42-2)34-16-18-5-9-21(33)10-6-18/h3-12,14-15,34H,13,16H2,1-2H3. The van der Waals surface area contributed by atoms with Crippen molar-refractivity contribution in [1.82, 2.24) is 4.98 Å². The van der Waals surface area contributed by atoms with Crippen molar-refractivity contribution in [1.29, 1.82) is 0 Å². The third-order valence-corrected chi connectivity index (χ3v) is 7.18. The largest absolute Gasteiger partial charge is 0.465 e. The second kappa shape index (κ2) is 12.5. The van der Waals surface area contributed by atoms with E-state index in [-0.39, 0.29) is 45.7 Å². The molecule has 5 aromatic rings. The van der Waals surface area contributed by atoms with Gasteiger partial charge >= 0.3 is 11.9 Å². The average molecular weight is 620 g/mol. The first kappa shape index (κ1) is 29.6. The lowest BCUT2D eigenvalue weighted by Gasteiger charge is -2.16. The van der Waals surface area contributed by atoms with Crippen LogP contribution >= 0.6 is 23.2 Å². The molecule has 0 amide bonds. The van der Waals surface area contributed by atoms with Crippen LogP contribution in [0.2, 0.25) is 10.0 Å². The molecule has 1 N–H and O–H groups in total. The Morgan fingerprint density at radius 2 is 1.53 bits per heavy atom. The molecule has 0 radical (unpaired) electrons. The van der Waals surface area contributed by atoms with Crippen LogP contribution in [0.25, 0.3) is 22.2 Å². The molecule has 0 fully saturated rings. The van der Waals surface area contributed by atoms with Gasteiger partial charge in [-0.2, -0.15) is 0 Å². The van der Waals surface area contributed by atoms with Crippen LogP contribution in [0.15, 0.2) is 77.2 Å². The van der Waals surface area contributed by atoms with E-state index < -0.39 is 16.9 Å². The zero-order valence-corrected chi connectivity index (χ0v) is 24.4. The molecule has 0 aliphatic heterocycles. The Kier molecular flexibility index (Phi) is 8.61. The van der Waals surface area contributed by atoms with Crippen molar-refractivity contribution < 1.29 is 28.4 Å². The second-order valence-electron chi connectivity index (χ2n) is 9.38. The molecule has 12 heteroatoms. The van der Waals surface area contributed by atoms with Crippen molar-refractivity contribution in [2.75, 3.05) is 19.5 Å². The molecule has 0 aliphatic rings. The molecule has 218 valence electrons. The molecule has 0 saturated carbocycles. The number of ether oxygens (including phenoxy) is 2. The summed E-state index contributed by atoms with van der Waals surface area (Å²) in [6.45, 7) is 0.147. The number of nitrogens with one attached hydrogen (secondary N) is 1. The van der Waals surface area contributed by atoms with Crippen molar-refractivity contribution in [3.05, 3.63) is 121 Å². The Balaban J connectivity index is 1.66. The van der Waals surface area contributed by atoms with Gasteiger partial charge in [0.25, 0.3) is 5.69 Å².